The first-order chi connectivity index (χ1) is 5.77. The zero-order valence-electron chi connectivity index (χ0n) is 7.71. The second-order valence-electron chi connectivity index (χ2n) is 2.83. The number of aliphatic hydroxyl groups is 1. The quantitative estimate of drug-likeness (QED) is 0.625. The predicted molar refractivity (Wildman–Crippen MR) is 53.3 cm³/mol. The van der Waals surface area contributed by atoms with E-state index >= 15 is 0 Å². The van der Waals surface area contributed by atoms with E-state index in [9.17, 15) is 4.79 Å². The molecule has 0 aromatic heterocycles. The molecular formula is C9H18O2S. The third-order valence-corrected chi connectivity index (χ3v) is 2.51. The van der Waals surface area contributed by atoms with Gasteiger partial charge in [0.05, 0.1) is 0 Å². The Balaban J connectivity index is 2.86. The fourth-order valence-corrected chi connectivity index (χ4v) is 1.60. The van der Waals surface area contributed by atoms with E-state index in [0.29, 0.717) is 6.61 Å². The number of aliphatic hydroxyl groups excluding tert-OH is 1. The summed E-state index contributed by atoms with van der Waals surface area (Å²) in [7, 11) is 0. The fraction of sp³-hybridized carbons (Fsp3) is 0.889. The first-order valence-electron chi connectivity index (χ1n) is 4.51. The van der Waals surface area contributed by atoms with Gasteiger partial charge in [0.15, 0.2) is 5.12 Å². The number of carbonyl (C=O) groups excluding carboxylic acids is 1. The third-order valence-electron chi connectivity index (χ3n) is 1.61. The summed E-state index contributed by atoms with van der Waals surface area (Å²) in [6.45, 7) is 1.92. The molecule has 0 saturated heterocycles. The zero-order valence-corrected chi connectivity index (χ0v) is 8.53. The molecule has 2 nitrogen and oxygen atoms in total. The molecule has 0 spiro atoms. The van der Waals surface area contributed by atoms with Crippen molar-refractivity contribution in [3.8, 4) is 0 Å². The van der Waals surface area contributed by atoms with E-state index in [1.54, 1.807) is 6.92 Å². The second kappa shape index (κ2) is 9.07. The molecule has 72 valence electrons. The van der Waals surface area contributed by atoms with Gasteiger partial charge >= 0.3 is 0 Å². The van der Waals surface area contributed by atoms with E-state index in [-0.39, 0.29) is 5.12 Å². The van der Waals surface area contributed by atoms with Crippen LogP contribution in [0.25, 0.3) is 0 Å². The van der Waals surface area contributed by atoms with Crippen LogP contribution in [0.3, 0.4) is 0 Å². The van der Waals surface area contributed by atoms with Crippen LogP contribution in [0.2, 0.25) is 0 Å². The van der Waals surface area contributed by atoms with Crippen LogP contribution in [0.4, 0.5) is 0 Å². The number of thioether (sulfide) groups is 1. The molecule has 0 fully saturated rings. The molecule has 0 heterocycles. The molecule has 0 aromatic carbocycles. The van der Waals surface area contributed by atoms with E-state index in [2.05, 4.69) is 0 Å². The first-order valence-corrected chi connectivity index (χ1v) is 5.50. The Kier molecular flexibility index (Phi) is 9.06. The van der Waals surface area contributed by atoms with Gasteiger partial charge in [0.1, 0.15) is 0 Å². The first kappa shape index (κ1) is 12.0. The van der Waals surface area contributed by atoms with E-state index in [4.69, 9.17) is 5.11 Å². The number of hydrogen-bond donors (Lipinski definition) is 1. The summed E-state index contributed by atoms with van der Waals surface area (Å²) in [6, 6.07) is 0. The molecule has 3 heteroatoms. The third kappa shape index (κ3) is 9.98. The predicted octanol–water partition coefficient (Wildman–Crippen LogP) is 2.21. The summed E-state index contributed by atoms with van der Waals surface area (Å²) < 4.78 is 0. The topological polar surface area (TPSA) is 37.3 Å². The molecular weight excluding hydrogens is 172 g/mol. The average Bonchev–Trinajstić information content (AvgIpc) is 2.02. The fourth-order valence-electron chi connectivity index (χ4n) is 0.960. The van der Waals surface area contributed by atoms with Crippen LogP contribution in [0.5, 0.6) is 0 Å². The van der Waals surface area contributed by atoms with Crippen LogP contribution < -0.4 is 0 Å². The summed E-state index contributed by atoms with van der Waals surface area (Å²) in [4.78, 5) is 10.5. The normalized spacial score (nSPS) is 10.2. The Bertz CT molecular complexity index is 115. The largest absolute Gasteiger partial charge is 0.396 e. The van der Waals surface area contributed by atoms with Crippen molar-refractivity contribution in [1.29, 1.82) is 0 Å². The van der Waals surface area contributed by atoms with Crippen molar-refractivity contribution in [2.45, 2.75) is 39.0 Å². The summed E-state index contributed by atoms with van der Waals surface area (Å²) in [6.07, 6.45) is 5.51. The average molecular weight is 190 g/mol. The number of carbonyl (C=O) groups is 1. The van der Waals surface area contributed by atoms with E-state index < -0.39 is 0 Å². The van der Waals surface area contributed by atoms with Gasteiger partial charge in [0.2, 0.25) is 0 Å². The molecule has 12 heavy (non-hydrogen) atoms. The Labute approximate surface area is 78.7 Å². The highest BCUT2D eigenvalue weighted by atomic mass is 32.2. The number of rotatable bonds is 7. The van der Waals surface area contributed by atoms with Gasteiger partial charge < -0.3 is 5.11 Å². The SMILES string of the molecule is CC(=O)SCCCCCCCO. The molecule has 0 rings (SSSR count). The van der Waals surface area contributed by atoms with Crippen LogP contribution >= 0.6 is 11.8 Å². The molecule has 0 aromatic rings. The lowest BCUT2D eigenvalue weighted by molar-refractivity contribution is -0.109. The molecule has 0 aliphatic rings. The van der Waals surface area contributed by atoms with Gasteiger partial charge in [0, 0.05) is 19.3 Å². The summed E-state index contributed by atoms with van der Waals surface area (Å²) in [5, 5.41) is 8.71. The Morgan fingerprint density at radius 2 is 1.75 bits per heavy atom. The van der Waals surface area contributed by atoms with Crippen LogP contribution in [-0.2, 0) is 4.79 Å². The summed E-state index contributed by atoms with van der Waals surface area (Å²) in [5.74, 6) is 0.953. The Hall–Kier alpha value is -0.0200. The van der Waals surface area contributed by atoms with Crippen molar-refractivity contribution in [1.82, 2.24) is 0 Å². The highest BCUT2D eigenvalue weighted by Crippen LogP contribution is 2.08. The minimum absolute atomic E-state index is 0.213. The second-order valence-corrected chi connectivity index (χ2v) is 4.10. The van der Waals surface area contributed by atoms with Gasteiger partial charge in [-0.25, -0.2) is 0 Å². The standard InChI is InChI=1S/C9H18O2S/c1-9(11)12-8-6-4-2-3-5-7-10/h10H,2-8H2,1H3. The lowest BCUT2D eigenvalue weighted by atomic mass is 10.2. The molecule has 0 aliphatic carbocycles. The highest BCUT2D eigenvalue weighted by molar-refractivity contribution is 8.13. The van der Waals surface area contributed by atoms with Crippen molar-refractivity contribution >= 4 is 16.9 Å². The van der Waals surface area contributed by atoms with Crippen molar-refractivity contribution in [3.05, 3.63) is 0 Å². The molecule has 0 bridgehead atoms. The lowest BCUT2D eigenvalue weighted by Gasteiger charge is -1.98. The summed E-state index contributed by atoms with van der Waals surface area (Å²) >= 11 is 1.41. The smallest absolute Gasteiger partial charge is 0.185 e. The van der Waals surface area contributed by atoms with Crippen molar-refractivity contribution in [2.75, 3.05) is 12.4 Å². The molecule has 0 atom stereocenters. The molecule has 0 aliphatic heterocycles. The zero-order chi connectivity index (χ0) is 9.23. The number of hydrogen-bond acceptors (Lipinski definition) is 3. The monoisotopic (exact) mass is 190 g/mol. The Morgan fingerprint density at radius 1 is 1.17 bits per heavy atom. The molecule has 0 radical (unpaired) electrons. The van der Waals surface area contributed by atoms with Crippen LogP contribution in [0.15, 0.2) is 0 Å². The minimum Gasteiger partial charge on any atom is -0.396 e. The molecule has 1 N–H and O–H groups in total. The maximum atomic E-state index is 10.5. The van der Waals surface area contributed by atoms with Gasteiger partial charge in [-0.1, -0.05) is 31.0 Å². The van der Waals surface area contributed by atoms with Gasteiger partial charge in [-0.3, -0.25) is 4.79 Å². The molecule has 0 saturated carbocycles. The lowest BCUT2D eigenvalue weighted by Crippen LogP contribution is -1.87. The van der Waals surface area contributed by atoms with Crippen molar-refractivity contribution < 1.29 is 9.90 Å². The maximum absolute atomic E-state index is 10.5. The van der Waals surface area contributed by atoms with Crippen molar-refractivity contribution in [3.63, 3.8) is 0 Å². The van der Waals surface area contributed by atoms with Gasteiger partial charge in [-0.15, -0.1) is 0 Å². The van der Waals surface area contributed by atoms with E-state index in [1.807, 2.05) is 0 Å². The van der Waals surface area contributed by atoms with Crippen LogP contribution in [0.1, 0.15) is 39.0 Å². The number of unbranched alkanes of at least 4 members (excludes halogenated alkanes) is 4. The van der Waals surface area contributed by atoms with Gasteiger partial charge in [-0.05, 0) is 12.8 Å². The van der Waals surface area contributed by atoms with Crippen LogP contribution in [0, 0.1) is 0 Å². The maximum Gasteiger partial charge on any atom is 0.185 e. The molecule has 0 amide bonds. The van der Waals surface area contributed by atoms with Gasteiger partial charge in [-0.2, -0.15) is 0 Å². The summed E-state index contributed by atoms with van der Waals surface area (Å²) in [5.41, 5.74) is 0. The van der Waals surface area contributed by atoms with E-state index in [0.717, 1.165) is 25.0 Å². The van der Waals surface area contributed by atoms with Crippen LogP contribution in [-0.4, -0.2) is 22.6 Å². The Morgan fingerprint density at radius 3 is 2.33 bits per heavy atom. The van der Waals surface area contributed by atoms with E-state index in [1.165, 1.54) is 24.6 Å². The van der Waals surface area contributed by atoms with Gasteiger partial charge in [0.25, 0.3) is 0 Å². The minimum atomic E-state index is 0.213. The highest BCUT2D eigenvalue weighted by Gasteiger charge is 1.93. The molecule has 0 unspecified atom stereocenters. The van der Waals surface area contributed by atoms with Crippen molar-refractivity contribution in [2.24, 2.45) is 0 Å².